The first-order valence-electron chi connectivity index (χ1n) is 6.86. The summed E-state index contributed by atoms with van der Waals surface area (Å²) in [6, 6.07) is 12.2. The van der Waals surface area contributed by atoms with E-state index in [0.717, 1.165) is 11.1 Å². The van der Waals surface area contributed by atoms with Crippen LogP contribution in [-0.4, -0.2) is 14.2 Å². The topological polar surface area (TPSA) is 30.5 Å². The predicted molar refractivity (Wildman–Crippen MR) is 81.1 cm³/mol. The van der Waals surface area contributed by atoms with E-state index in [-0.39, 0.29) is 11.9 Å². The second-order valence-corrected chi connectivity index (χ2v) is 4.87. The molecule has 0 saturated heterocycles. The zero-order valence-electron chi connectivity index (χ0n) is 12.5. The SMILES string of the molecule is CNC(C)c1cc(F)ccc1Oc1cccc(COC)c1. The summed E-state index contributed by atoms with van der Waals surface area (Å²) in [5, 5.41) is 3.10. The molecule has 0 heterocycles. The second-order valence-electron chi connectivity index (χ2n) is 4.87. The molecule has 112 valence electrons. The first kappa shape index (κ1) is 15.5. The number of methoxy groups -OCH3 is 1. The number of rotatable bonds is 6. The van der Waals surface area contributed by atoms with Crippen molar-refractivity contribution in [1.82, 2.24) is 5.32 Å². The standard InChI is InChI=1S/C17H20FNO2/c1-12(19-2)16-10-14(18)7-8-17(16)21-15-6-4-5-13(9-15)11-20-3/h4-10,12,19H,11H2,1-3H3. The van der Waals surface area contributed by atoms with Gasteiger partial charge in [0.05, 0.1) is 6.61 Å². The molecule has 0 aliphatic carbocycles. The average molecular weight is 289 g/mol. The summed E-state index contributed by atoms with van der Waals surface area (Å²) in [4.78, 5) is 0. The molecule has 0 spiro atoms. The maximum atomic E-state index is 13.4. The Morgan fingerprint density at radius 2 is 2.00 bits per heavy atom. The zero-order chi connectivity index (χ0) is 15.2. The molecule has 4 heteroatoms. The van der Waals surface area contributed by atoms with Crippen LogP contribution in [0.2, 0.25) is 0 Å². The van der Waals surface area contributed by atoms with E-state index < -0.39 is 0 Å². The number of ether oxygens (including phenoxy) is 2. The fourth-order valence-corrected chi connectivity index (χ4v) is 2.10. The van der Waals surface area contributed by atoms with Crippen LogP contribution in [0.3, 0.4) is 0 Å². The first-order chi connectivity index (χ1) is 10.1. The molecule has 0 fully saturated rings. The highest BCUT2D eigenvalue weighted by atomic mass is 19.1. The van der Waals surface area contributed by atoms with Gasteiger partial charge in [0, 0.05) is 18.7 Å². The fourth-order valence-electron chi connectivity index (χ4n) is 2.10. The Kier molecular flexibility index (Phi) is 5.31. The van der Waals surface area contributed by atoms with Gasteiger partial charge in [0.25, 0.3) is 0 Å². The molecule has 0 saturated carbocycles. The van der Waals surface area contributed by atoms with Gasteiger partial charge in [0.2, 0.25) is 0 Å². The monoisotopic (exact) mass is 289 g/mol. The van der Waals surface area contributed by atoms with Gasteiger partial charge in [-0.05, 0) is 49.9 Å². The van der Waals surface area contributed by atoms with Gasteiger partial charge in [0.1, 0.15) is 17.3 Å². The van der Waals surface area contributed by atoms with Crippen molar-refractivity contribution in [2.45, 2.75) is 19.6 Å². The van der Waals surface area contributed by atoms with Gasteiger partial charge in [0.15, 0.2) is 0 Å². The van der Waals surface area contributed by atoms with Crippen LogP contribution in [0.5, 0.6) is 11.5 Å². The van der Waals surface area contributed by atoms with Crippen LogP contribution in [0, 0.1) is 5.82 Å². The van der Waals surface area contributed by atoms with E-state index in [4.69, 9.17) is 9.47 Å². The highest BCUT2D eigenvalue weighted by Crippen LogP contribution is 2.30. The Balaban J connectivity index is 2.28. The number of nitrogens with one attached hydrogen (secondary N) is 1. The largest absolute Gasteiger partial charge is 0.457 e. The molecule has 1 atom stereocenters. The van der Waals surface area contributed by atoms with Crippen LogP contribution >= 0.6 is 0 Å². The van der Waals surface area contributed by atoms with E-state index in [0.29, 0.717) is 18.1 Å². The van der Waals surface area contributed by atoms with Crippen LogP contribution in [0.25, 0.3) is 0 Å². The molecule has 3 nitrogen and oxygen atoms in total. The summed E-state index contributed by atoms with van der Waals surface area (Å²) in [7, 11) is 3.48. The van der Waals surface area contributed by atoms with Crippen molar-refractivity contribution < 1.29 is 13.9 Å². The number of halogens is 1. The van der Waals surface area contributed by atoms with Crippen LogP contribution in [0.4, 0.5) is 4.39 Å². The first-order valence-corrected chi connectivity index (χ1v) is 6.86. The maximum Gasteiger partial charge on any atom is 0.132 e. The highest BCUT2D eigenvalue weighted by molar-refractivity contribution is 5.40. The van der Waals surface area contributed by atoms with Crippen LogP contribution in [-0.2, 0) is 11.3 Å². The van der Waals surface area contributed by atoms with Crippen LogP contribution in [0.1, 0.15) is 24.1 Å². The van der Waals surface area contributed by atoms with Crippen molar-refractivity contribution in [2.24, 2.45) is 0 Å². The molecule has 0 aromatic heterocycles. The Hall–Kier alpha value is -1.91. The molecular formula is C17H20FNO2. The lowest BCUT2D eigenvalue weighted by molar-refractivity contribution is 0.184. The molecular weight excluding hydrogens is 269 g/mol. The minimum absolute atomic E-state index is 0.00198. The van der Waals surface area contributed by atoms with Gasteiger partial charge in [-0.3, -0.25) is 0 Å². The van der Waals surface area contributed by atoms with E-state index in [2.05, 4.69) is 5.32 Å². The number of benzene rings is 2. The van der Waals surface area contributed by atoms with Gasteiger partial charge in [-0.15, -0.1) is 0 Å². The molecule has 0 amide bonds. The molecule has 21 heavy (non-hydrogen) atoms. The predicted octanol–water partition coefficient (Wildman–Crippen LogP) is 4.04. The lowest BCUT2D eigenvalue weighted by atomic mass is 10.1. The van der Waals surface area contributed by atoms with E-state index >= 15 is 0 Å². The maximum absolute atomic E-state index is 13.4. The molecule has 2 aromatic carbocycles. The fraction of sp³-hybridized carbons (Fsp3) is 0.294. The third-order valence-corrected chi connectivity index (χ3v) is 3.31. The summed E-state index contributed by atoms with van der Waals surface area (Å²) in [6.45, 7) is 2.49. The molecule has 2 aromatic rings. The average Bonchev–Trinajstić information content (AvgIpc) is 2.49. The third kappa shape index (κ3) is 4.03. The van der Waals surface area contributed by atoms with E-state index in [1.165, 1.54) is 12.1 Å². The molecule has 1 N–H and O–H groups in total. The minimum atomic E-state index is -0.271. The molecule has 0 radical (unpaired) electrons. The van der Waals surface area contributed by atoms with Gasteiger partial charge in [-0.2, -0.15) is 0 Å². The summed E-state index contributed by atoms with van der Waals surface area (Å²) < 4.78 is 24.5. The van der Waals surface area contributed by atoms with Crippen molar-refractivity contribution in [3.05, 3.63) is 59.4 Å². The Morgan fingerprint density at radius 3 is 2.71 bits per heavy atom. The lowest BCUT2D eigenvalue weighted by Gasteiger charge is -2.16. The minimum Gasteiger partial charge on any atom is -0.457 e. The quantitative estimate of drug-likeness (QED) is 0.870. The van der Waals surface area contributed by atoms with Crippen LogP contribution in [0.15, 0.2) is 42.5 Å². The van der Waals surface area contributed by atoms with E-state index in [1.54, 1.807) is 13.2 Å². The summed E-state index contributed by atoms with van der Waals surface area (Å²) in [6.07, 6.45) is 0. The molecule has 2 rings (SSSR count). The van der Waals surface area contributed by atoms with Crippen molar-refractivity contribution >= 4 is 0 Å². The number of hydrogen-bond donors (Lipinski definition) is 1. The molecule has 0 aliphatic heterocycles. The summed E-state index contributed by atoms with van der Waals surface area (Å²) >= 11 is 0. The van der Waals surface area contributed by atoms with Crippen molar-refractivity contribution in [3.8, 4) is 11.5 Å². The summed E-state index contributed by atoms with van der Waals surface area (Å²) in [5.74, 6) is 1.08. The van der Waals surface area contributed by atoms with E-state index in [1.807, 2.05) is 38.2 Å². The number of hydrogen-bond acceptors (Lipinski definition) is 3. The smallest absolute Gasteiger partial charge is 0.132 e. The van der Waals surface area contributed by atoms with Crippen molar-refractivity contribution in [1.29, 1.82) is 0 Å². The van der Waals surface area contributed by atoms with Gasteiger partial charge in [-0.25, -0.2) is 4.39 Å². The zero-order valence-corrected chi connectivity index (χ0v) is 12.5. The second kappa shape index (κ2) is 7.20. The molecule has 0 bridgehead atoms. The van der Waals surface area contributed by atoms with Gasteiger partial charge in [-0.1, -0.05) is 12.1 Å². The lowest BCUT2D eigenvalue weighted by Crippen LogP contribution is -2.13. The highest BCUT2D eigenvalue weighted by Gasteiger charge is 2.12. The van der Waals surface area contributed by atoms with Crippen LogP contribution < -0.4 is 10.1 Å². The van der Waals surface area contributed by atoms with Crippen molar-refractivity contribution in [2.75, 3.05) is 14.2 Å². The Morgan fingerprint density at radius 1 is 1.19 bits per heavy atom. The van der Waals surface area contributed by atoms with Gasteiger partial charge < -0.3 is 14.8 Å². The Labute approximate surface area is 124 Å². The van der Waals surface area contributed by atoms with E-state index in [9.17, 15) is 4.39 Å². The van der Waals surface area contributed by atoms with Gasteiger partial charge >= 0.3 is 0 Å². The third-order valence-electron chi connectivity index (χ3n) is 3.31. The Bertz CT molecular complexity index is 601. The normalized spacial score (nSPS) is 12.2. The molecule has 0 aliphatic rings. The van der Waals surface area contributed by atoms with Crippen molar-refractivity contribution in [3.63, 3.8) is 0 Å². The molecule has 1 unspecified atom stereocenters. The summed E-state index contributed by atoms with van der Waals surface area (Å²) in [5.41, 5.74) is 1.81.